The van der Waals surface area contributed by atoms with E-state index < -0.39 is 30.6 Å². The first kappa shape index (κ1) is 20.3. The molecule has 2 amide bonds. The van der Waals surface area contributed by atoms with Crippen molar-refractivity contribution < 1.29 is 24.4 Å². The lowest BCUT2D eigenvalue weighted by Crippen LogP contribution is -2.65. The van der Waals surface area contributed by atoms with Gasteiger partial charge in [0, 0.05) is 0 Å². The fraction of sp³-hybridized carbons (Fsp3) is 0.556. The van der Waals surface area contributed by atoms with Gasteiger partial charge in [-0.15, -0.1) is 0 Å². The molecule has 4 N–H and O–H groups in total. The molecule has 0 saturated heterocycles. The number of nitrogens with one attached hydrogen (secondary N) is 2. The van der Waals surface area contributed by atoms with Crippen molar-refractivity contribution in [3.05, 3.63) is 35.9 Å². The van der Waals surface area contributed by atoms with E-state index in [-0.39, 0.29) is 12.5 Å². The highest BCUT2D eigenvalue weighted by Crippen LogP contribution is 2.32. The smallest absolute Gasteiger partial charge is 0.445 e. The van der Waals surface area contributed by atoms with E-state index in [9.17, 15) is 19.6 Å². The Morgan fingerprint density at radius 3 is 2.38 bits per heavy atom. The zero-order valence-corrected chi connectivity index (χ0v) is 15.3. The molecular formula is C18H27BN2O5. The maximum Gasteiger partial charge on any atom is 0.475 e. The van der Waals surface area contributed by atoms with Crippen molar-refractivity contribution in [3.63, 3.8) is 0 Å². The van der Waals surface area contributed by atoms with Crippen molar-refractivity contribution in [1.82, 2.24) is 10.6 Å². The summed E-state index contributed by atoms with van der Waals surface area (Å²) in [5.74, 6) is -0.996. The standard InChI is InChI=1S/C18H27BN2O5/c1-13(2)11-15(19(24)25)20-16(22)18(9-6-10-18)21-17(23)26-12-14-7-4-3-5-8-14/h3-5,7-8,13,15,24-25H,6,9-12H2,1-2H3,(H,20,22)(H,21,23). The Morgan fingerprint density at radius 2 is 1.88 bits per heavy atom. The second-order valence-electron chi connectivity index (χ2n) is 7.25. The number of hydrogen-bond acceptors (Lipinski definition) is 5. The zero-order chi connectivity index (χ0) is 19.2. The van der Waals surface area contributed by atoms with Gasteiger partial charge < -0.3 is 25.4 Å². The molecule has 0 bridgehead atoms. The molecule has 0 spiro atoms. The number of alkyl carbamates (subject to hydrolysis) is 1. The third kappa shape index (κ3) is 5.47. The number of carbonyl (C=O) groups excluding carboxylic acids is 2. The van der Waals surface area contributed by atoms with E-state index in [0.29, 0.717) is 19.3 Å². The Kier molecular flexibility index (Phi) is 7.05. The van der Waals surface area contributed by atoms with Gasteiger partial charge in [-0.1, -0.05) is 44.2 Å². The van der Waals surface area contributed by atoms with Gasteiger partial charge in [0.25, 0.3) is 0 Å². The third-order valence-electron chi connectivity index (χ3n) is 4.60. The van der Waals surface area contributed by atoms with Crippen LogP contribution in [-0.4, -0.2) is 40.6 Å². The van der Waals surface area contributed by atoms with Gasteiger partial charge in [0.15, 0.2) is 0 Å². The van der Waals surface area contributed by atoms with Gasteiger partial charge in [-0.3, -0.25) is 4.79 Å². The van der Waals surface area contributed by atoms with Gasteiger partial charge in [0.2, 0.25) is 5.91 Å². The Hall–Kier alpha value is -2.06. The van der Waals surface area contributed by atoms with Gasteiger partial charge >= 0.3 is 13.2 Å². The van der Waals surface area contributed by atoms with E-state index in [2.05, 4.69) is 10.6 Å². The van der Waals surface area contributed by atoms with Crippen LogP contribution in [0.3, 0.4) is 0 Å². The molecule has 2 rings (SSSR count). The topological polar surface area (TPSA) is 108 Å². The number of rotatable bonds is 8. The highest BCUT2D eigenvalue weighted by Gasteiger charge is 2.47. The minimum Gasteiger partial charge on any atom is -0.445 e. The molecule has 1 saturated carbocycles. The molecule has 0 aromatic heterocycles. The predicted molar refractivity (Wildman–Crippen MR) is 97.9 cm³/mol. The summed E-state index contributed by atoms with van der Waals surface area (Å²) in [5, 5.41) is 24.3. The van der Waals surface area contributed by atoms with E-state index in [1.54, 1.807) is 0 Å². The van der Waals surface area contributed by atoms with E-state index in [4.69, 9.17) is 4.74 Å². The molecule has 1 unspecified atom stereocenters. The Bertz CT molecular complexity index is 605. The van der Waals surface area contributed by atoms with Crippen LogP contribution >= 0.6 is 0 Å². The summed E-state index contributed by atoms with van der Waals surface area (Å²) in [5.41, 5.74) is -0.187. The first-order valence-corrected chi connectivity index (χ1v) is 8.98. The van der Waals surface area contributed by atoms with Crippen LogP contribution in [0.25, 0.3) is 0 Å². The largest absolute Gasteiger partial charge is 0.475 e. The van der Waals surface area contributed by atoms with Crippen molar-refractivity contribution in [3.8, 4) is 0 Å². The maximum absolute atomic E-state index is 12.6. The van der Waals surface area contributed by atoms with Crippen molar-refractivity contribution in [2.24, 2.45) is 5.92 Å². The molecule has 142 valence electrons. The van der Waals surface area contributed by atoms with E-state index in [1.165, 1.54) is 0 Å². The number of benzene rings is 1. The van der Waals surface area contributed by atoms with Crippen LogP contribution in [0.1, 0.15) is 45.1 Å². The minimum absolute atomic E-state index is 0.121. The highest BCUT2D eigenvalue weighted by molar-refractivity contribution is 6.43. The van der Waals surface area contributed by atoms with Gasteiger partial charge in [-0.2, -0.15) is 0 Å². The van der Waals surface area contributed by atoms with Gasteiger partial charge in [-0.25, -0.2) is 4.79 Å². The van der Waals surface area contributed by atoms with Crippen LogP contribution in [-0.2, 0) is 16.1 Å². The van der Waals surface area contributed by atoms with E-state index in [1.807, 2.05) is 44.2 Å². The monoisotopic (exact) mass is 362 g/mol. The van der Waals surface area contributed by atoms with Crippen LogP contribution in [0.4, 0.5) is 4.79 Å². The number of hydrogen-bond donors (Lipinski definition) is 4. The predicted octanol–water partition coefficient (Wildman–Crippen LogP) is 1.38. The molecule has 1 atom stereocenters. The lowest BCUT2D eigenvalue weighted by Gasteiger charge is -2.41. The van der Waals surface area contributed by atoms with Crippen molar-refractivity contribution >= 4 is 19.1 Å². The minimum atomic E-state index is -1.65. The van der Waals surface area contributed by atoms with Crippen molar-refractivity contribution in [2.45, 2.75) is 57.6 Å². The summed E-state index contributed by atoms with van der Waals surface area (Å²) >= 11 is 0. The lowest BCUT2D eigenvalue weighted by molar-refractivity contribution is -0.131. The molecule has 7 nitrogen and oxygen atoms in total. The molecule has 0 aliphatic heterocycles. The summed E-state index contributed by atoms with van der Waals surface area (Å²) in [6, 6.07) is 9.27. The molecule has 1 aliphatic rings. The summed E-state index contributed by atoms with van der Waals surface area (Å²) in [7, 11) is -1.65. The molecule has 1 aromatic rings. The van der Waals surface area contributed by atoms with E-state index in [0.717, 1.165) is 12.0 Å². The SMILES string of the molecule is CC(C)CC(NC(=O)C1(NC(=O)OCc2ccccc2)CCC1)B(O)O. The molecule has 1 aromatic carbocycles. The molecule has 0 heterocycles. The van der Waals surface area contributed by atoms with Crippen LogP contribution in [0.5, 0.6) is 0 Å². The Morgan fingerprint density at radius 1 is 1.23 bits per heavy atom. The normalized spacial score (nSPS) is 16.3. The Balaban J connectivity index is 1.92. The number of amides is 2. The molecule has 0 radical (unpaired) electrons. The second-order valence-corrected chi connectivity index (χ2v) is 7.25. The molecule has 26 heavy (non-hydrogen) atoms. The summed E-state index contributed by atoms with van der Waals surface area (Å²) in [4.78, 5) is 24.8. The van der Waals surface area contributed by atoms with Gasteiger partial charge in [0.1, 0.15) is 12.1 Å². The quantitative estimate of drug-likeness (QED) is 0.523. The fourth-order valence-electron chi connectivity index (χ4n) is 2.96. The zero-order valence-electron chi connectivity index (χ0n) is 15.3. The molecule has 8 heteroatoms. The lowest BCUT2D eigenvalue weighted by atomic mass is 9.72. The fourth-order valence-corrected chi connectivity index (χ4v) is 2.96. The van der Waals surface area contributed by atoms with Crippen LogP contribution in [0.15, 0.2) is 30.3 Å². The van der Waals surface area contributed by atoms with Crippen molar-refractivity contribution in [2.75, 3.05) is 0 Å². The summed E-state index contributed by atoms with van der Waals surface area (Å²) in [6.45, 7) is 3.98. The first-order chi connectivity index (χ1) is 12.3. The first-order valence-electron chi connectivity index (χ1n) is 8.98. The van der Waals surface area contributed by atoms with E-state index >= 15 is 0 Å². The third-order valence-corrected chi connectivity index (χ3v) is 4.60. The molecule has 1 aliphatic carbocycles. The van der Waals surface area contributed by atoms with Gasteiger partial charge in [0.05, 0.1) is 5.94 Å². The second kappa shape index (κ2) is 9.05. The average molecular weight is 362 g/mol. The van der Waals surface area contributed by atoms with Crippen LogP contribution in [0, 0.1) is 5.92 Å². The highest BCUT2D eigenvalue weighted by atomic mass is 16.5. The summed E-state index contributed by atoms with van der Waals surface area (Å²) in [6.07, 6.45) is 1.57. The number of ether oxygens (including phenoxy) is 1. The molecular weight excluding hydrogens is 335 g/mol. The van der Waals surface area contributed by atoms with Crippen LogP contribution < -0.4 is 10.6 Å². The summed E-state index contributed by atoms with van der Waals surface area (Å²) < 4.78 is 5.20. The maximum atomic E-state index is 12.6. The number of carbonyl (C=O) groups is 2. The van der Waals surface area contributed by atoms with Gasteiger partial charge in [-0.05, 0) is 37.2 Å². The Labute approximate surface area is 154 Å². The van der Waals surface area contributed by atoms with Crippen molar-refractivity contribution in [1.29, 1.82) is 0 Å². The molecule has 1 fully saturated rings. The van der Waals surface area contributed by atoms with Crippen LogP contribution in [0.2, 0.25) is 0 Å². The average Bonchev–Trinajstić information content (AvgIpc) is 2.56.